The lowest BCUT2D eigenvalue weighted by Gasteiger charge is -2.06. The van der Waals surface area contributed by atoms with Crippen molar-refractivity contribution in [2.45, 2.75) is 28.3 Å². The van der Waals surface area contributed by atoms with Gasteiger partial charge in [0.05, 0.1) is 17.2 Å². The number of aliphatic hydroxyl groups is 1. The molecule has 0 aliphatic carbocycles. The molecule has 0 atom stereocenters. The molecule has 24 heavy (non-hydrogen) atoms. The summed E-state index contributed by atoms with van der Waals surface area (Å²) in [7, 11) is -4.02. The number of nitrogens with zero attached hydrogens (tertiary/aromatic N) is 3. The van der Waals surface area contributed by atoms with Gasteiger partial charge in [0.15, 0.2) is 10.5 Å². The fraction of sp³-hybridized carbons (Fsp3) is 0.200. The number of rotatable bonds is 4. The molecule has 2 heterocycles. The number of halogens is 1. The third kappa shape index (κ3) is 2.68. The van der Waals surface area contributed by atoms with Gasteiger partial charge in [-0.25, -0.2) is 22.3 Å². The van der Waals surface area contributed by atoms with Crippen molar-refractivity contribution < 1.29 is 17.9 Å². The van der Waals surface area contributed by atoms with Gasteiger partial charge in [0.2, 0.25) is 9.84 Å². The molecule has 0 saturated carbocycles. The second-order valence-corrected chi connectivity index (χ2v) is 7.76. The average molecular weight is 367 g/mol. The number of aryl methyl sites for hydroxylation is 1. The Labute approximate surface area is 142 Å². The number of benzene rings is 1. The highest BCUT2D eigenvalue weighted by Crippen LogP contribution is 2.32. The predicted molar refractivity (Wildman–Crippen MR) is 87.3 cm³/mol. The summed E-state index contributed by atoms with van der Waals surface area (Å²) in [4.78, 5) is 3.95. The lowest BCUT2D eigenvalue weighted by molar-refractivity contribution is 0.277. The number of thioether (sulfide) groups is 1. The molecule has 1 aromatic carbocycles. The zero-order valence-electron chi connectivity index (χ0n) is 12.9. The van der Waals surface area contributed by atoms with E-state index in [1.807, 2.05) is 0 Å². The Balaban J connectivity index is 2.37. The Morgan fingerprint density at radius 2 is 2.08 bits per heavy atom. The molecule has 1 N–H and O–H groups in total. The number of hydrogen-bond acceptors (Lipinski definition) is 6. The first-order chi connectivity index (χ1) is 11.4. The zero-order chi connectivity index (χ0) is 17.5. The third-order valence-corrected chi connectivity index (χ3v) is 6.07. The minimum Gasteiger partial charge on any atom is -0.390 e. The molecule has 0 amide bonds. The van der Waals surface area contributed by atoms with Crippen LogP contribution in [-0.4, -0.2) is 34.4 Å². The van der Waals surface area contributed by atoms with Crippen molar-refractivity contribution in [1.82, 2.24) is 14.6 Å². The van der Waals surface area contributed by atoms with Gasteiger partial charge in [0, 0.05) is 5.69 Å². The highest BCUT2D eigenvalue weighted by Gasteiger charge is 2.29. The van der Waals surface area contributed by atoms with Crippen LogP contribution in [0.2, 0.25) is 0 Å². The molecule has 0 aliphatic heterocycles. The van der Waals surface area contributed by atoms with E-state index in [-0.39, 0.29) is 27.1 Å². The van der Waals surface area contributed by atoms with Crippen molar-refractivity contribution in [1.29, 1.82) is 0 Å². The van der Waals surface area contributed by atoms with Crippen molar-refractivity contribution in [3.8, 4) is 0 Å². The Morgan fingerprint density at radius 1 is 1.33 bits per heavy atom. The Morgan fingerprint density at radius 3 is 2.71 bits per heavy atom. The number of aromatic nitrogens is 3. The molecule has 0 fully saturated rings. The van der Waals surface area contributed by atoms with Gasteiger partial charge in [-0.1, -0.05) is 6.07 Å². The summed E-state index contributed by atoms with van der Waals surface area (Å²) in [6.07, 6.45) is 1.70. The maximum absolute atomic E-state index is 13.5. The van der Waals surface area contributed by atoms with Crippen LogP contribution in [0.4, 0.5) is 4.39 Å². The van der Waals surface area contributed by atoms with E-state index in [9.17, 15) is 17.9 Å². The van der Waals surface area contributed by atoms with E-state index >= 15 is 0 Å². The van der Waals surface area contributed by atoms with Crippen molar-refractivity contribution in [2.24, 2.45) is 0 Å². The summed E-state index contributed by atoms with van der Waals surface area (Å²) in [5.41, 5.74) is 1.09. The maximum Gasteiger partial charge on any atom is 0.213 e. The largest absolute Gasteiger partial charge is 0.390 e. The van der Waals surface area contributed by atoms with Crippen LogP contribution in [0.25, 0.3) is 5.65 Å². The van der Waals surface area contributed by atoms with Gasteiger partial charge in [0.25, 0.3) is 0 Å². The van der Waals surface area contributed by atoms with E-state index in [0.717, 1.165) is 17.8 Å². The molecule has 0 spiro atoms. The lowest BCUT2D eigenvalue weighted by atomic mass is 10.3. The molecular formula is C15H14FN3O3S2. The van der Waals surface area contributed by atoms with Crippen molar-refractivity contribution in [3.63, 3.8) is 0 Å². The second kappa shape index (κ2) is 6.15. The number of fused-ring (bicyclic) bond motifs is 1. The van der Waals surface area contributed by atoms with Crippen LogP contribution in [0.15, 0.2) is 45.1 Å². The molecule has 126 valence electrons. The molecule has 0 bridgehead atoms. The van der Waals surface area contributed by atoms with Crippen molar-refractivity contribution in [3.05, 3.63) is 47.5 Å². The summed E-state index contributed by atoms with van der Waals surface area (Å²) in [5, 5.41) is 13.9. The van der Waals surface area contributed by atoms with Crippen molar-refractivity contribution in [2.75, 3.05) is 6.26 Å². The first-order valence-electron chi connectivity index (χ1n) is 6.93. The summed E-state index contributed by atoms with van der Waals surface area (Å²) < 4.78 is 40.9. The van der Waals surface area contributed by atoms with Crippen LogP contribution >= 0.6 is 11.8 Å². The molecule has 3 aromatic rings. The third-order valence-electron chi connectivity index (χ3n) is 3.48. The molecule has 0 aliphatic rings. The fourth-order valence-electron chi connectivity index (χ4n) is 2.39. The van der Waals surface area contributed by atoms with E-state index in [1.165, 1.54) is 22.7 Å². The normalized spacial score (nSPS) is 12.0. The van der Waals surface area contributed by atoms with Gasteiger partial charge in [-0.05, 0) is 37.4 Å². The molecule has 0 unspecified atom stereocenters. The Kier molecular flexibility index (Phi) is 4.33. The first-order valence-corrected chi connectivity index (χ1v) is 9.64. The summed E-state index contributed by atoms with van der Waals surface area (Å²) in [5.74, 6) is -0.640. The smallest absolute Gasteiger partial charge is 0.213 e. The molecule has 0 radical (unpaired) electrons. The van der Waals surface area contributed by atoms with Gasteiger partial charge in [-0.15, -0.1) is 11.8 Å². The maximum atomic E-state index is 13.5. The number of sulfone groups is 1. The lowest BCUT2D eigenvalue weighted by Crippen LogP contribution is -2.06. The van der Waals surface area contributed by atoms with Crippen LogP contribution in [0, 0.1) is 12.7 Å². The van der Waals surface area contributed by atoms with Gasteiger partial charge >= 0.3 is 0 Å². The van der Waals surface area contributed by atoms with E-state index < -0.39 is 15.7 Å². The molecular weight excluding hydrogens is 353 g/mol. The molecule has 2 aromatic heterocycles. The van der Waals surface area contributed by atoms with Gasteiger partial charge in [-0.2, -0.15) is 5.10 Å². The first kappa shape index (κ1) is 16.9. The van der Waals surface area contributed by atoms with Gasteiger partial charge in [0.1, 0.15) is 10.8 Å². The Bertz CT molecular complexity index is 1030. The number of aliphatic hydroxyl groups excluding tert-OH is 1. The van der Waals surface area contributed by atoms with E-state index in [1.54, 1.807) is 19.2 Å². The standard InChI is InChI=1S/C15H14FN3O3S2/c1-9-6-11(8-20)17-14-13(15(23-2)18-19(9)14)24(21,22)12-5-3-4-10(16)7-12/h3-7,20H,8H2,1-2H3. The Hall–Kier alpha value is -1.97. The summed E-state index contributed by atoms with van der Waals surface area (Å²) >= 11 is 1.16. The van der Waals surface area contributed by atoms with Gasteiger partial charge in [-0.3, -0.25) is 0 Å². The van der Waals surface area contributed by atoms with E-state index in [2.05, 4.69) is 10.1 Å². The van der Waals surface area contributed by atoms with E-state index in [4.69, 9.17) is 0 Å². The second-order valence-electron chi connectivity index (χ2n) is 5.08. The molecule has 0 saturated heterocycles. The monoisotopic (exact) mass is 367 g/mol. The molecule has 3 rings (SSSR count). The van der Waals surface area contributed by atoms with Gasteiger partial charge < -0.3 is 5.11 Å². The minimum atomic E-state index is -4.02. The van der Waals surface area contributed by atoms with E-state index in [0.29, 0.717) is 11.4 Å². The molecule has 9 heteroatoms. The highest BCUT2D eigenvalue weighted by atomic mass is 32.2. The predicted octanol–water partition coefficient (Wildman–Crippen LogP) is 2.22. The minimum absolute atomic E-state index is 0.0843. The van der Waals surface area contributed by atoms with Crippen LogP contribution in [0.3, 0.4) is 0 Å². The quantitative estimate of drug-likeness (QED) is 0.712. The fourth-order valence-corrected chi connectivity index (χ4v) is 4.82. The topological polar surface area (TPSA) is 84.6 Å². The highest BCUT2D eigenvalue weighted by molar-refractivity contribution is 7.99. The van der Waals surface area contributed by atoms with Crippen molar-refractivity contribution >= 4 is 27.2 Å². The SMILES string of the molecule is CSc1nn2c(C)cc(CO)nc2c1S(=O)(=O)c1cccc(F)c1. The number of hydrogen-bond donors (Lipinski definition) is 1. The van der Waals surface area contributed by atoms with Crippen LogP contribution < -0.4 is 0 Å². The zero-order valence-corrected chi connectivity index (χ0v) is 14.5. The van der Waals surface area contributed by atoms with Crippen LogP contribution in [-0.2, 0) is 16.4 Å². The van der Waals surface area contributed by atoms with Crippen LogP contribution in [0.1, 0.15) is 11.4 Å². The summed E-state index contributed by atoms with van der Waals surface area (Å²) in [6, 6.07) is 6.44. The summed E-state index contributed by atoms with van der Waals surface area (Å²) in [6.45, 7) is 1.42. The van der Waals surface area contributed by atoms with Crippen LogP contribution in [0.5, 0.6) is 0 Å². The molecule has 6 nitrogen and oxygen atoms in total. The average Bonchev–Trinajstić information content (AvgIpc) is 2.94.